The number of carbonyl (C=O) groups is 1. The molecule has 1 saturated heterocycles. The third kappa shape index (κ3) is 2.96. The minimum atomic E-state index is -0.141. The molecule has 82 valence electrons. The Hall–Kier alpha value is -0.610. The number of likely N-dealkylation sites (tertiary alicyclic amines) is 1. The summed E-state index contributed by atoms with van der Waals surface area (Å²) in [5.74, 6) is -0.141. The van der Waals surface area contributed by atoms with E-state index < -0.39 is 0 Å². The zero-order chi connectivity index (χ0) is 10.6. The predicted octanol–water partition coefficient (Wildman–Crippen LogP) is 0.233. The molecule has 0 aromatic rings. The molecule has 0 amide bonds. The van der Waals surface area contributed by atoms with Crippen LogP contribution in [-0.4, -0.2) is 50.2 Å². The quantitative estimate of drug-likeness (QED) is 0.662. The van der Waals surface area contributed by atoms with Crippen LogP contribution < -0.4 is 5.32 Å². The molecule has 1 N–H and O–H groups in total. The fourth-order valence-corrected chi connectivity index (χ4v) is 1.70. The van der Waals surface area contributed by atoms with Crippen molar-refractivity contribution in [3.8, 4) is 0 Å². The van der Waals surface area contributed by atoms with Crippen LogP contribution in [0.5, 0.6) is 0 Å². The van der Waals surface area contributed by atoms with Gasteiger partial charge in [0.05, 0.1) is 13.7 Å². The van der Waals surface area contributed by atoms with Crippen LogP contribution in [0, 0.1) is 0 Å². The van der Waals surface area contributed by atoms with Crippen molar-refractivity contribution < 1.29 is 9.53 Å². The van der Waals surface area contributed by atoms with Crippen LogP contribution >= 0.6 is 0 Å². The van der Waals surface area contributed by atoms with Gasteiger partial charge in [-0.05, 0) is 26.8 Å². The first kappa shape index (κ1) is 11.5. The smallest absolute Gasteiger partial charge is 0.319 e. The number of hydrogen-bond donors (Lipinski definition) is 1. The van der Waals surface area contributed by atoms with Gasteiger partial charge in [0, 0.05) is 18.6 Å². The van der Waals surface area contributed by atoms with E-state index in [-0.39, 0.29) is 11.5 Å². The Morgan fingerprint density at radius 1 is 1.50 bits per heavy atom. The Morgan fingerprint density at radius 2 is 2.07 bits per heavy atom. The molecular weight excluding hydrogens is 180 g/mol. The zero-order valence-electron chi connectivity index (χ0n) is 9.30. The summed E-state index contributed by atoms with van der Waals surface area (Å²) >= 11 is 0. The van der Waals surface area contributed by atoms with Crippen molar-refractivity contribution in [2.75, 3.05) is 33.8 Å². The van der Waals surface area contributed by atoms with Crippen molar-refractivity contribution in [1.82, 2.24) is 10.2 Å². The van der Waals surface area contributed by atoms with E-state index in [1.165, 1.54) is 7.11 Å². The number of methoxy groups -OCH3 is 1. The number of carbonyl (C=O) groups excluding carboxylic acids is 1. The highest BCUT2D eigenvalue weighted by atomic mass is 16.5. The summed E-state index contributed by atoms with van der Waals surface area (Å²) in [5.41, 5.74) is 0.243. The van der Waals surface area contributed by atoms with Gasteiger partial charge in [0.15, 0.2) is 0 Å². The van der Waals surface area contributed by atoms with Crippen LogP contribution in [0.4, 0.5) is 0 Å². The summed E-state index contributed by atoms with van der Waals surface area (Å²) in [5, 5.41) is 3.33. The van der Waals surface area contributed by atoms with Crippen LogP contribution in [0.2, 0.25) is 0 Å². The second-order valence-electron chi connectivity index (χ2n) is 4.16. The second-order valence-corrected chi connectivity index (χ2v) is 4.16. The molecule has 0 aromatic carbocycles. The molecular formula is C10H20N2O2. The third-order valence-corrected chi connectivity index (χ3v) is 3.14. The lowest BCUT2D eigenvalue weighted by molar-refractivity contribution is -0.142. The average molecular weight is 200 g/mol. The lowest BCUT2D eigenvalue weighted by Crippen LogP contribution is -2.50. The van der Waals surface area contributed by atoms with Crippen LogP contribution in [0.1, 0.15) is 19.8 Å². The number of rotatable bonds is 3. The molecule has 1 fully saturated rings. The van der Waals surface area contributed by atoms with Gasteiger partial charge < -0.3 is 10.1 Å². The highest BCUT2D eigenvalue weighted by Crippen LogP contribution is 2.20. The number of hydrogen-bond acceptors (Lipinski definition) is 4. The fraction of sp³-hybridized carbons (Fsp3) is 0.900. The maximum absolute atomic E-state index is 11.0. The van der Waals surface area contributed by atoms with E-state index in [1.807, 2.05) is 7.05 Å². The van der Waals surface area contributed by atoms with Crippen LogP contribution in [0.15, 0.2) is 0 Å². The Bertz CT molecular complexity index is 198. The van der Waals surface area contributed by atoms with E-state index in [9.17, 15) is 4.79 Å². The van der Waals surface area contributed by atoms with E-state index in [4.69, 9.17) is 0 Å². The molecule has 1 aliphatic rings. The SMILES string of the molecule is CNC1(C)CCN(CC(=O)OC)CC1. The average Bonchev–Trinajstić information content (AvgIpc) is 2.21. The summed E-state index contributed by atoms with van der Waals surface area (Å²) in [4.78, 5) is 13.2. The highest BCUT2D eigenvalue weighted by Gasteiger charge is 2.28. The Kier molecular flexibility index (Phi) is 3.89. The van der Waals surface area contributed by atoms with Gasteiger partial charge in [-0.1, -0.05) is 0 Å². The molecule has 1 rings (SSSR count). The molecule has 0 unspecified atom stereocenters. The van der Waals surface area contributed by atoms with Gasteiger partial charge in [-0.3, -0.25) is 9.69 Å². The first-order valence-corrected chi connectivity index (χ1v) is 5.08. The third-order valence-electron chi connectivity index (χ3n) is 3.14. The minimum Gasteiger partial charge on any atom is -0.468 e. The summed E-state index contributed by atoms with van der Waals surface area (Å²) in [6.45, 7) is 4.58. The van der Waals surface area contributed by atoms with Gasteiger partial charge >= 0.3 is 5.97 Å². The van der Waals surface area contributed by atoms with Gasteiger partial charge in [-0.2, -0.15) is 0 Å². The van der Waals surface area contributed by atoms with Gasteiger partial charge in [-0.15, -0.1) is 0 Å². The number of piperidine rings is 1. The monoisotopic (exact) mass is 200 g/mol. The number of ether oxygens (including phenoxy) is 1. The summed E-state index contributed by atoms with van der Waals surface area (Å²) in [6, 6.07) is 0. The molecule has 0 atom stereocenters. The lowest BCUT2D eigenvalue weighted by atomic mass is 9.90. The molecule has 0 aliphatic carbocycles. The summed E-state index contributed by atoms with van der Waals surface area (Å²) in [7, 11) is 3.43. The van der Waals surface area contributed by atoms with Crippen molar-refractivity contribution in [2.45, 2.75) is 25.3 Å². The van der Waals surface area contributed by atoms with Gasteiger partial charge in [-0.25, -0.2) is 0 Å². The van der Waals surface area contributed by atoms with E-state index in [2.05, 4.69) is 21.9 Å². The number of nitrogens with zero attached hydrogens (tertiary/aromatic N) is 1. The van der Waals surface area contributed by atoms with E-state index in [1.54, 1.807) is 0 Å². The van der Waals surface area contributed by atoms with Crippen LogP contribution in [-0.2, 0) is 9.53 Å². The van der Waals surface area contributed by atoms with Crippen molar-refractivity contribution in [3.63, 3.8) is 0 Å². The van der Waals surface area contributed by atoms with Crippen molar-refractivity contribution in [3.05, 3.63) is 0 Å². The Morgan fingerprint density at radius 3 is 2.50 bits per heavy atom. The van der Waals surface area contributed by atoms with Gasteiger partial charge in [0.25, 0.3) is 0 Å². The van der Waals surface area contributed by atoms with E-state index in [0.29, 0.717) is 6.54 Å². The number of esters is 1. The first-order chi connectivity index (χ1) is 6.59. The highest BCUT2D eigenvalue weighted by molar-refractivity contribution is 5.71. The predicted molar refractivity (Wildman–Crippen MR) is 55.2 cm³/mol. The molecule has 0 bridgehead atoms. The maximum atomic E-state index is 11.0. The molecule has 0 spiro atoms. The van der Waals surface area contributed by atoms with Crippen LogP contribution in [0.3, 0.4) is 0 Å². The molecule has 4 heteroatoms. The standard InChI is InChI=1S/C10H20N2O2/c1-10(11-2)4-6-12(7-5-10)8-9(13)14-3/h11H,4-8H2,1-3H3. The molecule has 4 nitrogen and oxygen atoms in total. The van der Waals surface area contributed by atoms with Crippen molar-refractivity contribution in [1.29, 1.82) is 0 Å². The van der Waals surface area contributed by atoms with E-state index >= 15 is 0 Å². The lowest BCUT2D eigenvalue weighted by Gasteiger charge is -2.38. The zero-order valence-corrected chi connectivity index (χ0v) is 9.30. The number of nitrogens with one attached hydrogen (secondary N) is 1. The normalized spacial score (nSPS) is 21.9. The Labute approximate surface area is 85.6 Å². The fourth-order valence-electron chi connectivity index (χ4n) is 1.70. The molecule has 0 aromatic heterocycles. The van der Waals surface area contributed by atoms with Crippen LogP contribution in [0.25, 0.3) is 0 Å². The second kappa shape index (κ2) is 4.75. The van der Waals surface area contributed by atoms with Crippen molar-refractivity contribution >= 4 is 5.97 Å². The molecule has 1 heterocycles. The van der Waals surface area contributed by atoms with Gasteiger partial charge in [0.1, 0.15) is 0 Å². The topological polar surface area (TPSA) is 41.6 Å². The summed E-state index contributed by atoms with van der Waals surface area (Å²) < 4.78 is 4.64. The largest absolute Gasteiger partial charge is 0.468 e. The van der Waals surface area contributed by atoms with Crippen molar-refractivity contribution in [2.24, 2.45) is 0 Å². The molecule has 14 heavy (non-hydrogen) atoms. The molecule has 0 saturated carbocycles. The van der Waals surface area contributed by atoms with Gasteiger partial charge in [0.2, 0.25) is 0 Å². The summed E-state index contributed by atoms with van der Waals surface area (Å²) in [6.07, 6.45) is 2.17. The molecule has 1 aliphatic heterocycles. The molecule has 0 radical (unpaired) electrons. The minimum absolute atomic E-state index is 0.141. The Balaban J connectivity index is 2.32. The van der Waals surface area contributed by atoms with E-state index in [0.717, 1.165) is 25.9 Å². The maximum Gasteiger partial charge on any atom is 0.319 e. The first-order valence-electron chi connectivity index (χ1n) is 5.08.